The van der Waals surface area contributed by atoms with Gasteiger partial charge in [0.05, 0.1) is 5.56 Å². The zero-order valence-corrected chi connectivity index (χ0v) is 21.0. The van der Waals surface area contributed by atoms with Gasteiger partial charge in [0.25, 0.3) is 0 Å². The van der Waals surface area contributed by atoms with Gasteiger partial charge in [0.2, 0.25) is 0 Å². The zero-order valence-electron chi connectivity index (χ0n) is 20.2. The number of phenols is 1. The molecular weight excluding hydrogens is 492 g/mol. The normalized spacial score (nSPS) is 10.9. The Balaban J connectivity index is 1.64. The highest BCUT2D eigenvalue weighted by Crippen LogP contribution is 2.42. The van der Waals surface area contributed by atoms with Crippen LogP contribution in [0.2, 0.25) is 0 Å². The second-order valence-electron chi connectivity index (χ2n) is 8.77. The van der Waals surface area contributed by atoms with E-state index in [-0.39, 0.29) is 28.3 Å². The molecule has 9 heteroatoms. The minimum atomic E-state index is -1.13. The van der Waals surface area contributed by atoms with Gasteiger partial charge in [-0.1, -0.05) is 12.5 Å². The first-order valence-corrected chi connectivity index (χ1v) is 12.3. The number of hydrogen-bond acceptors (Lipinski definition) is 6. The van der Waals surface area contributed by atoms with Gasteiger partial charge in [0.1, 0.15) is 22.9 Å². The number of Topliss-reactive ketones (excluding diaryl/α,β-unsaturated/α-hetero) is 1. The van der Waals surface area contributed by atoms with Crippen molar-refractivity contribution >= 4 is 45.7 Å². The maximum Gasteiger partial charge on any atom is 0.336 e. The summed E-state index contributed by atoms with van der Waals surface area (Å²) in [6, 6.07) is 13.8. The number of thiocarbonyl (C=S) groups is 1. The van der Waals surface area contributed by atoms with Gasteiger partial charge in [-0.05, 0) is 73.9 Å². The average molecular weight is 519 g/mol. The summed E-state index contributed by atoms with van der Waals surface area (Å²) >= 11 is 5.35. The van der Waals surface area contributed by atoms with Crippen molar-refractivity contribution in [3.63, 3.8) is 0 Å². The minimum absolute atomic E-state index is 0.0160. The molecule has 190 valence electrons. The molecule has 0 saturated heterocycles. The average Bonchev–Trinajstić information content (AvgIpc) is 2.84. The first kappa shape index (κ1) is 25.8. The van der Waals surface area contributed by atoms with Gasteiger partial charge >= 0.3 is 5.97 Å². The molecule has 1 aliphatic heterocycles. The van der Waals surface area contributed by atoms with Crippen molar-refractivity contribution in [2.75, 3.05) is 11.9 Å². The fourth-order valence-corrected chi connectivity index (χ4v) is 4.44. The van der Waals surface area contributed by atoms with Gasteiger partial charge in [-0.15, -0.1) is 0 Å². The molecule has 1 aliphatic carbocycles. The summed E-state index contributed by atoms with van der Waals surface area (Å²) in [6.45, 7) is 2.22. The number of benzene rings is 3. The van der Waals surface area contributed by atoms with Gasteiger partial charge in [-0.25, -0.2) is 4.79 Å². The molecule has 0 spiro atoms. The van der Waals surface area contributed by atoms with Gasteiger partial charge in [-0.2, -0.15) is 0 Å². The molecule has 0 saturated carbocycles. The van der Waals surface area contributed by atoms with E-state index >= 15 is 0 Å². The van der Waals surface area contributed by atoms with Gasteiger partial charge in [0.15, 0.2) is 10.5 Å². The van der Waals surface area contributed by atoms with Gasteiger partial charge in [0, 0.05) is 47.3 Å². The third-order valence-corrected chi connectivity index (χ3v) is 6.19. The van der Waals surface area contributed by atoms with Crippen molar-refractivity contribution in [3.05, 3.63) is 70.4 Å². The Morgan fingerprint density at radius 1 is 0.973 bits per heavy atom. The van der Waals surface area contributed by atoms with Crippen LogP contribution in [0, 0.1) is 0 Å². The van der Waals surface area contributed by atoms with Crippen molar-refractivity contribution in [3.8, 4) is 28.2 Å². The molecule has 4 N–H and O–H groups in total. The van der Waals surface area contributed by atoms with Crippen LogP contribution in [0.15, 0.2) is 63.8 Å². The molecule has 0 amide bonds. The summed E-state index contributed by atoms with van der Waals surface area (Å²) in [5.41, 5.74) is 2.18. The number of aromatic hydroxyl groups is 1. The molecule has 0 bridgehead atoms. The van der Waals surface area contributed by atoms with Crippen molar-refractivity contribution in [1.82, 2.24) is 5.32 Å². The number of carboxylic acids is 1. The summed E-state index contributed by atoms with van der Waals surface area (Å²) < 4.78 is 5.86. The summed E-state index contributed by atoms with van der Waals surface area (Å²) in [5, 5.41) is 27.1. The monoisotopic (exact) mass is 518 g/mol. The predicted octanol–water partition coefficient (Wildman–Crippen LogP) is 5.40. The van der Waals surface area contributed by atoms with E-state index in [1.54, 1.807) is 31.2 Å². The lowest BCUT2D eigenvalue weighted by atomic mass is 9.90. The van der Waals surface area contributed by atoms with E-state index in [1.807, 2.05) is 0 Å². The highest BCUT2D eigenvalue weighted by molar-refractivity contribution is 7.80. The lowest BCUT2D eigenvalue weighted by molar-refractivity contribution is -0.117. The summed E-state index contributed by atoms with van der Waals surface area (Å²) in [7, 11) is 0. The number of carbonyl (C=O) groups is 2. The van der Waals surface area contributed by atoms with Crippen LogP contribution in [0.25, 0.3) is 33.4 Å². The number of carboxylic acid groups (broad SMARTS) is 1. The first-order valence-electron chi connectivity index (χ1n) is 11.8. The quantitative estimate of drug-likeness (QED) is 0.131. The third kappa shape index (κ3) is 6.13. The number of anilines is 1. The Kier molecular flexibility index (Phi) is 7.83. The van der Waals surface area contributed by atoms with E-state index in [9.17, 15) is 24.6 Å². The Morgan fingerprint density at radius 3 is 2.51 bits per heavy atom. The largest absolute Gasteiger partial charge is 0.508 e. The number of aromatic carboxylic acids is 1. The van der Waals surface area contributed by atoms with E-state index in [0.29, 0.717) is 51.4 Å². The molecule has 8 nitrogen and oxygen atoms in total. The SMILES string of the molecule is CC(=O)CCCCCNC(=S)Nc1ccc(-c2c3ccc(=O)cc-3oc3cc(O)ccc23)c(C(=O)O)c1. The molecule has 2 aliphatic rings. The molecule has 37 heavy (non-hydrogen) atoms. The first-order chi connectivity index (χ1) is 17.7. The Labute approximate surface area is 218 Å². The Hall–Kier alpha value is -4.24. The Morgan fingerprint density at radius 2 is 1.76 bits per heavy atom. The van der Waals surface area contributed by atoms with E-state index in [2.05, 4.69) is 10.6 Å². The van der Waals surface area contributed by atoms with Crippen LogP contribution in [0.4, 0.5) is 5.69 Å². The fourth-order valence-electron chi connectivity index (χ4n) is 4.22. The number of fused-ring (bicyclic) bond motifs is 2. The van der Waals surface area contributed by atoms with Crippen LogP contribution in [-0.2, 0) is 4.79 Å². The van der Waals surface area contributed by atoms with Crippen LogP contribution in [0.1, 0.15) is 43.0 Å². The van der Waals surface area contributed by atoms with Gasteiger partial charge in [-0.3, -0.25) is 4.79 Å². The van der Waals surface area contributed by atoms with Crippen molar-refractivity contribution < 1.29 is 24.2 Å². The van der Waals surface area contributed by atoms with Crippen molar-refractivity contribution in [1.29, 1.82) is 0 Å². The smallest absolute Gasteiger partial charge is 0.336 e. The number of hydrogen-bond donors (Lipinski definition) is 4. The van der Waals surface area contributed by atoms with E-state index in [0.717, 1.165) is 19.3 Å². The van der Waals surface area contributed by atoms with Crippen LogP contribution in [0.5, 0.6) is 5.75 Å². The molecule has 0 unspecified atom stereocenters. The number of rotatable bonds is 9. The topological polar surface area (TPSA) is 129 Å². The number of phenolic OH excluding ortho intramolecular Hbond substituents is 1. The van der Waals surface area contributed by atoms with Crippen molar-refractivity contribution in [2.45, 2.75) is 32.6 Å². The standard InChI is InChI=1S/C28H26N2O6S/c1-16(31)5-3-2-4-12-29-28(37)30-17-6-9-20(23(13-17)27(34)35)26-21-10-7-18(32)14-24(21)36-25-15-19(33)8-11-22(25)26/h6-11,13-15,32H,2-5,12H2,1H3,(H,34,35)(H2,29,30,37). The van der Waals surface area contributed by atoms with E-state index in [1.165, 1.54) is 30.3 Å². The van der Waals surface area contributed by atoms with Gasteiger partial charge < -0.3 is 30.1 Å². The van der Waals surface area contributed by atoms with Crippen LogP contribution in [0.3, 0.4) is 0 Å². The number of carbonyl (C=O) groups excluding carboxylic acids is 1. The molecule has 0 fully saturated rings. The molecule has 0 atom stereocenters. The molecule has 0 radical (unpaired) electrons. The second-order valence-corrected chi connectivity index (χ2v) is 9.18. The summed E-state index contributed by atoms with van der Waals surface area (Å²) in [6.07, 6.45) is 3.18. The maximum absolute atomic E-state index is 12.3. The zero-order chi connectivity index (χ0) is 26.5. The van der Waals surface area contributed by atoms with Crippen molar-refractivity contribution in [2.24, 2.45) is 0 Å². The molecule has 0 aromatic heterocycles. The molecular formula is C28H26N2O6S. The molecule has 2 aromatic carbocycles. The number of ketones is 1. The predicted molar refractivity (Wildman–Crippen MR) is 147 cm³/mol. The third-order valence-electron chi connectivity index (χ3n) is 5.95. The number of nitrogens with one attached hydrogen (secondary N) is 2. The maximum atomic E-state index is 12.3. The fraction of sp³-hybridized carbons (Fsp3) is 0.214. The van der Waals surface area contributed by atoms with Crippen LogP contribution >= 0.6 is 12.2 Å². The summed E-state index contributed by atoms with van der Waals surface area (Å²) in [5.74, 6) is -0.683. The molecule has 1 heterocycles. The Bertz CT molecular complexity index is 1530. The van der Waals surface area contributed by atoms with Crippen LogP contribution < -0.4 is 16.1 Å². The highest BCUT2D eigenvalue weighted by Gasteiger charge is 2.22. The van der Waals surface area contributed by atoms with E-state index < -0.39 is 5.97 Å². The lowest BCUT2D eigenvalue weighted by Crippen LogP contribution is -2.29. The molecule has 2 aromatic rings. The van der Waals surface area contributed by atoms with E-state index in [4.69, 9.17) is 16.6 Å². The number of unbranched alkanes of at least 4 members (excludes halogenated alkanes) is 2. The summed E-state index contributed by atoms with van der Waals surface area (Å²) in [4.78, 5) is 35.3. The van der Waals surface area contributed by atoms with Crippen LogP contribution in [-0.4, -0.2) is 33.6 Å². The lowest BCUT2D eigenvalue weighted by Gasteiger charge is -2.18. The molecule has 4 rings (SSSR count). The minimum Gasteiger partial charge on any atom is -0.508 e. The second kappa shape index (κ2) is 11.2. The highest BCUT2D eigenvalue weighted by atomic mass is 32.1.